The third kappa shape index (κ3) is 6.84. The molecular weight excluding hydrogens is 484 g/mol. The van der Waals surface area contributed by atoms with E-state index in [0.717, 1.165) is 18.4 Å². The predicted molar refractivity (Wildman–Crippen MR) is 139 cm³/mol. The monoisotopic (exact) mass is 512 g/mol. The lowest BCUT2D eigenvalue weighted by molar-refractivity contribution is 0.221. The smallest absolute Gasteiger partial charge is 0.222 e. The highest BCUT2D eigenvalue weighted by Gasteiger charge is 2.22. The van der Waals surface area contributed by atoms with Crippen LogP contribution in [0.4, 0.5) is 5.95 Å². The third-order valence-corrected chi connectivity index (χ3v) is 8.27. The molecule has 8 nitrogen and oxygen atoms in total. The summed E-state index contributed by atoms with van der Waals surface area (Å²) in [5.74, 6) is 0.367. The molecule has 4 rings (SSSR count). The van der Waals surface area contributed by atoms with Crippen LogP contribution in [0, 0.1) is 0 Å². The van der Waals surface area contributed by atoms with E-state index in [9.17, 15) is 8.42 Å². The fourth-order valence-corrected chi connectivity index (χ4v) is 5.94. The lowest BCUT2D eigenvalue weighted by atomic mass is 9.91. The van der Waals surface area contributed by atoms with Gasteiger partial charge in [-0.3, -0.25) is 0 Å². The molecule has 0 aliphatic heterocycles. The molecule has 1 fully saturated rings. The molecule has 0 unspecified atom stereocenters. The Labute approximate surface area is 211 Å². The van der Waals surface area contributed by atoms with Crippen LogP contribution in [0.5, 0.6) is 0 Å². The largest absolute Gasteiger partial charge is 0.351 e. The number of nitrogens with one attached hydrogen (secondary N) is 1. The van der Waals surface area contributed by atoms with Crippen molar-refractivity contribution in [1.29, 1.82) is 0 Å². The first-order chi connectivity index (χ1) is 16.8. The zero-order valence-electron chi connectivity index (χ0n) is 19.8. The van der Waals surface area contributed by atoms with Gasteiger partial charge in [0.2, 0.25) is 5.95 Å². The Morgan fingerprint density at radius 3 is 2.34 bits per heavy atom. The highest BCUT2D eigenvalue weighted by molar-refractivity contribution is 7.90. The molecule has 0 radical (unpaired) electrons. The Hall–Kier alpha value is -2.88. The van der Waals surface area contributed by atoms with Crippen LogP contribution >= 0.6 is 11.6 Å². The van der Waals surface area contributed by atoms with E-state index in [-0.39, 0.29) is 15.7 Å². The highest BCUT2D eigenvalue weighted by atomic mass is 35.5. The van der Waals surface area contributed by atoms with Crippen molar-refractivity contribution in [2.75, 3.05) is 19.4 Å². The van der Waals surface area contributed by atoms with Gasteiger partial charge in [-0.15, -0.1) is 0 Å². The number of rotatable bonds is 8. The molecule has 1 N–H and O–H groups in total. The Morgan fingerprint density at radius 2 is 1.71 bits per heavy atom. The number of halogens is 1. The van der Waals surface area contributed by atoms with Crippen LogP contribution in [0.1, 0.15) is 42.6 Å². The van der Waals surface area contributed by atoms with Gasteiger partial charge in [0.15, 0.2) is 9.84 Å². The second kappa shape index (κ2) is 11.2. The molecule has 1 aliphatic carbocycles. The lowest BCUT2D eigenvalue weighted by Crippen LogP contribution is -2.36. The molecule has 1 saturated carbocycles. The Morgan fingerprint density at radius 1 is 1.00 bits per heavy atom. The summed E-state index contributed by atoms with van der Waals surface area (Å²) < 4.78 is 25.3. The van der Waals surface area contributed by atoms with Crippen molar-refractivity contribution in [2.24, 2.45) is 0 Å². The third-order valence-electron chi connectivity index (χ3n) is 6.13. The van der Waals surface area contributed by atoms with Crippen molar-refractivity contribution in [2.45, 2.75) is 48.4 Å². The average molecular weight is 513 g/mol. The first kappa shape index (κ1) is 25.2. The van der Waals surface area contributed by atoms with Gasteiger partial charge >= 0.3 is 0 Å². The summed E-state index contributed by atoms with van der Waals surface area (Å²) >= 11 is 6.03. The zero-order chi connectivity index (χ0) is 24.8. The fourth-order valence-electron chi connectivity index (χ4n) is 4.10. The standard InChI is InChI=1S/C25H29ClN6O2S/c1-32(2)22-13-11-19(12-14-22)29-25-27-15-18(16-28-25)7-8-20-9-10-21(31-30-20)17-35(33,34)24-6-4-3-5-23(24)26/h3-10,15-16,19,22H,11-14,17H2,1-2H3,(H,27,28,29)/b8-7+. The molecule has 2 aromatic heterocycles. The number of hydrogen-bond donors (Lipinski definition) is 1. The van der Waals surface area contributed by atoms with Crippen LogP contribution in [0.15, 0.2) is 53.7 Å². The van der Waals surface area contributed by atoms with Crippen LogP contribution in [0.25, 0.3) is 12.2 Å². The second-order valence-electron chi connectivity index (χ2n) is 8.93. The number of sulfone groups is 1. The van der Waals surface area contributed by atoms with E-state index in [0.29, 0.717) is 29.4 Å². The topological polar surface area (TPSA) is 101 Å². The first-order valence-corrected chi connectivity index (χ1v) is 13.6. The molecule has 2 heterocycles. The predicted octanol–water partition coefficient (Wildman–Crippen LogP) is 4.35. The van der Waals surface area contributed by atoms with E-state index in [4.69, 9.17) is 11.6 Å². The van der Waals surface area contributed by atoms with Gasteiger partial charge in [-0.1, -0.05) is 23.7 Å². The molecule has 0 spiro atoms. The molecular formula is C25H29ClN6O2S. The summed E-state index contributed by atoms with van der Waals surface area (Å²) in [7, 11) is 0.668. The minimum absolute atomic E-state index is 0.0895. The Bertz CT molecular complexity index is 1260. The Kier molecular flexibility index (Phi) is 8.10. The summed E-state index contributed by atoms with van der Waals surface area (Å²) in [6.07, 6.45) is 11.7. The first-order valence-electron chi connectivity index (χ1n) is 11.5. The normalized spacial score (nSPS) is 18.7. The number of aromatic nitrogens is 4. The summed E-state index contributed by atoms with van der Waals surface area (Å²) in [5.41, 5.74) is 1.78. The quantitative estimate of drug-likeness (QED) is 0.475. The van der Waals surface area contributed by atoms with Crippen LogP contribution in [-0.4, -0.2) is 59.7 Å². The van der Waals surface area contributed by atoms with E-state index in [2.05, 4.69) is 44.5 Å². The zero-order valence-corrected chi connectivity index (χ0v) is 21.4. The number of nitrogens with zero attached hydrogens (tertiary/aromatic N) is 5. The summed E-state index contributed by atoms with van der Waals surface area (Å²) in [6.45, 7) is 0. The molecule has 0 atom stereocenters. The number of hydrogen-bond acceptors (Lipinski definition) is 8. The Balaban J connectivity index is 1.32. The van der Waals surface area contributed by atoms with Crippen molar-refractivity contribution in [3.05, 3.63) is 70.8 Å². The number of benzene rings is 1. The molecule has 10 heteroatoms. The fraction of sp³-hybridized carbons (Fsp3) is 0.360. The molecule has 0 bridgehead atoms. The molecule has 3 aromatic rings. The maximum absolute atomic E-state index is 12.6. The van der Waals surface area contributed by atoms with Gasteiger partial charge in [0.1, 0.15) is 0 Å². The van der Waals surface area contributed by atoms with Gasteiger partial charge in [0.25, 0.3) is 0 Å². The summed E-state index contributed by atoms with van der Waals surface area (Å²) in [5, 5.41) is 11.8. The molecule has 1 aromatic carbocycles. The van der Waals surface area contributed by atoms with E-state index in [1.54, 1.807) is 48.8 Å². The van der Waals surface area contributed by atoms with Gasteiger partial charge in [0, 0.05) is 30.0 Å². The van der Waals surface area contributed by atoms with Gasteiger partial charge in [0.05, 0.1) is 27.1 Å². The molecule has 0 amide bonds. The molecule has 0 saturated heterocycles. The van der Waals surface area contributed by atoms with Gasteiger partial charge in [-0.05, 0) is 76.2 Å². The summed E-state index contributed by atoms with van der Waals surface area (Å²) in [6, 6.07) is 10.8. The minimum atomic E-state index is -3.61. The average Bonchev–Trinajstić information content (AvgIpc) is 2.85. The van der Waals surface area contributed by atoms with Crippen molar-refractivity contribution in [3.8, 4) is 0 Å². The van der Waals surface area contributed by atoms with Crippen LogP contribution in [0.3, 0.4) is 0 Å². The van der Waals surface area contributed by atoms with E-state index < -0.39 is 9.84 Å². The summed E-state index contributed by atoms with van der Waals surface area (Å²) in [4.78, 5) is 11.3. The lowest BCUT2D eigenvalue weighted by Gasteiger charge is -2.32. The van der Waals surface area contributed by atoms with E-state index >= 15 is 0 Å². The van der Waals surface area contributed by atoms with Crippen molar-refractivity contribution in [1.82, 2.24) is 25.1 Å². The van der Waals surface area contributed by atoms with Crippen molar-refractivity contribution in [3.63, 3.8) is 0 Å². The maximum atomic E-state index is 12.6. The van der Waals surface area contributed by atoms with E-state index in [1.165, 1.54) is 18.9 Å². The van der Waals surface area contributed by atoms with Crippen LogP contribution in [0.2, 0.25) is 5.02 Å². The highest BCUT2D eigenvalue weighted by Crippen LogP contribution is 2.24. The number of anilines is 1. The second-order valence-corrected chi connectivity index (χ2v) is 11.3. The van der Waals surface area contributed by atoms with Gasteiger partial charge in [-0.25, -0.2) is 18.4 Å². The molecule has 35 heavy (non-hydrogen) atoms. The van der Waals surface area contributed by atoms with Crippen LogP contribution < -0.4 is 5.32 Å². The van der Waals surface area contributed by atoms with Crippen molar-refractivity contribution < 1.29 is 8.42 Å². The minimum Gasteiger partial charge on any atom is -0.351 e. The van der Waals surface area contributed by atoms with E-state index in [1.807, 2.05) is 6.08 Å². The van der Waals surface area contributed by atoms with Crippen LogP contribution in [-0.2, 0) is 15.6 Å². The maximum Gasteiger partial charge on any atom is 0.222 e. The molecule has 184 valence electrons. The SMILES string of the molecule is CN(C)C1CCC(Nc2ncc(/C=C/c3ccc(CS(=O)(=O)c4ccccc4Cl)nn3)cn2)CC1. The van der Waals surface area contributed by atoms with Gasteiger partial charge < -0.3 is 10.2 Å². The van der Waals surface area contributed by atoms with Gasteiger partial charge in [-0.2, -0.15) is 10.2 Å². The molecule has 1 aliphatic rings. The van der Waals surface area contributed by atoms with Crippen molar-refractivity contribution >= 4 is 39.5 Å².